The van der Waals surface area contributed by atoms with Crippen LogP contribution in [0.25, 0.3) is 10.8 Å². The van der Waals surface area contributed by atoms with Crippen molar-refractivity contribution in [2.75, 3.05) is 0 Å². The van der Waals surface area contributed by atoms with Gasteiger partial charge in [-0.05, 0) is 42.8 Å². The van der Waals surface area contributed by atoms with Crippen LogP contribution >= 0.6 is 0 Å². The SMILES string of the molecule is O=C(N[C@@H]1C[C@H]2CC[C@@H]1N2)c1cc2cc(C(F)(F)F)ccc2cn1. The molecular formula is C17H16F3N3O. The number of pyridine rings is 1. The Morgan fingerprint density at radius 1 is 1.21 bits per heavy atom. The molecule has 2 saturated heterocycles. The highest BCUT2D eigenvalue weighted by molar-refractivity contribution is 5.96. The number of nitrogens with zero attached hydrogens (tertiary/aromatic N) is 1. The summed E-state index contributed by atoms with van der Waals surface area (Å²) in [5.41, 5.74) is -0.588. The average molecular weight is 335 g/mol. The van der Waals surface area contributed by atoms with E-state index in [1.54, 1.807) is 0 Å². The van der Waals surface area contributed by atoms with Crippen LogP contribution in [-0.2, 0) is 6.18 Å². The Morgan fingerprint density at radius 3 is 2.71 bits per heavy atom. The molecule has 0 aliphatic carbocycles. The fraction of sp³-hybridized carbons (Fsp3) is 0.412. The summed E-state index contributed by atoms with van der Waals surface area (Å²) in [6.45, 7) is 0. The van der Waals surface area contributed by atoms with Crippen LogP contribution in [0.4, 0.5) is 13.2 Å². The summed E-state index contributed by atoms with van der Waals surface area (Å²) in [6, 6.07) is 5.66. The third-order valence-corrected chi connectivity index (χ3v) is 4.90. The number of carbonyl (C=O) groups is 1. The Kier molecular flexibility index (Phi) is 3.49. The highest BCUT2D eigenvalue weighted by atomic mass is 19.4. The molecule has 0 saturated carbocycles. The van der Waals surface area contributed by atoms with Crippen LogP contribution in [-0.4, -0.2) is 29.0 Å². The molecule has 126 valence electrons. The maximum Gasteiger partial charge on any atom is 0.416 e. The minimum atomic E-state index is -4.41. The van der Waals surface area contributed by atoms with E-state index in [0.29, 0.717) is 16.8 Å². The van der Waals surface area contributed by atoms with Crippen molar-refractivity contribution in [3.63, 3.8) is 0 Å². The third kappa shape index (κ3) is 2.73. The molecule has 2 fully saturated rings. The number of hydrogen-bond donors (Lipinski definition) is 2. The van der Waals surface area contributed by atoms with E-state index in [4.69, 9.17) is 0 Å². The molecule has 24 heavy (non-hydrogen) atoms. The van der Waals surface area contributed by atoms with Crippen LogP contribution in [0, 0.1) is 0 Å². The minimum Gasteiger partial charge on any atom is -0.346 e. The van der Waals surface area contributed by atoms with Gasteiger partial charge in [-0.25, -0.2) is 0 Å². The number of carbonyl (C=O) groups excluding carboxylic acids is 1. The lowest BCUT2D eigenvalue weighted by Gasteiger charge is -2.21. The molecule has 2 bridgehead atoms. The average Bonchev–Trinajstić information content (AvgIpc) is 3.15. The maximum atomic E-state index is 12.8. The normalized spacial score (nSPS) is 26.0. The zero-order valence-corrected chi connectivity index (χ0v) is 12.7. The van der Waals surface area contributed by atoms with E-state index < -0.39 is 11.7 Å². The Labute approximate surface area is 136 Å². The van der Waals surface area contributed by atoms with E-state index in [1.165, 1.54) is 18.3 Å². The molecule has 1 aromatic carbocycles. The largest absolute Gasteiger partial charge is 0.416 e. The van der Waals surface area contributed by atoms with Crippen molar-refractivity contribution in [3.05, 3.63) is 41.7 Å². The molecule has 1 aromatic heterocycles. The van der Waals surface area contributed by atoms with Gasteiger partial charge in [-0.3, -0.25) is 9.78 Å². The molecule has 2 aliphatic heterocycles. The molecule has 4 rings (SSSR count). The predicted molar refractivity (Wildman–Crippen MR) is 82.6 cm³/mol. The summed E-state index contributed by atoms with van der Waals surface area (Å²) < 4.78 is 38.5. The highest BCUT2D eigenvalue weighted by Gasteiger charge is 2.39. The van der Waals surface area contributed by atoms with Gasteiger partial charge in [0.15, 0.2) is 0 Å². The first kappa shape index (κ1) is 15.4. The van der Waals surface area contributed by atoms with Crippen LogP contribution in [0.15, 0.2) is 30.5 Å². The summed E-state index contributed by atoms with van der Waals surface area (Å²) in [5.74, 6) is -0.339. The Balaban J connectivity index is 1.58. The lowest BCUT2D eigenvalue weighted by Crippen LogP contribution is -2.43. The van der Waals surface area contributed by atoms with Gasteiger partial charge in [0.25, 0.3) is 5.91 Å². The summed E-state index contributed by atoms with van der Waals surface area (Å²) in [4.78, 5) is 16.5. The summed E-state index contributed by atoms with van der Waals surface area (Å²) in [7, 11) is 0. The topological polar surface area (TPSA) is 54.0 Å². The highest BCUT2D eigenvalue weighted by Crippen LogP contribution is 2.31. The number of fused-ring (bicyclic) bond motifs is 3. The van der Waals surface area contributed by atoms with Crippen molar-refractivity contribution in [2.45, 2.75) is 43.6 Å². The summed E-state index contributed by atoms with van der Waals surface area (Å²) in [6.07, 6.45) is 0.0848. The molecule has 0 spiro atoms. The van der Waals surface area contributed by atoms with E-state index in [-0.39, 0.29) is 23.7 Å². The van der Waals surface area contributed by atoms with Crippen molar-refractivity contribution in [1.82, 2.24) is 15.6 Å². The molecule has 2 aromatic rings. The molecule has 0 unspecified atom stereocenters. The van der Waals surface area contributed by atoms with Gasteiger partial charge in [0.1, 0.15) is 5.69 Å². The number of aromatic nitrogens is 1. The van der Waals surface area contributed by atoms with Gasteiger partial charge in [0.05, 0.1) is 5.56 Å². The van der Waals surface area contributed by atoms with Crippen molar-refractivity contribution in [1.29, 1.82) is 0 Å². The molecule has 2 aliphatic rings. The maximum absolute atomic E-state index is 12.8. The second-order valence-corrected chi connectivity index (χ2v) is 6.49. The quantitative estimate of drug-likeness (QED) is 0.887. The van der Waals surface area contributed by atoms with E-state index in [0.717, 1.165) is 31.4 Å². The smallest absolute Gasteiger partial charge is 0.346 e. The van der Waals surface area contributed by atoms with Gasteiger partial charge in [-0.2, -0.15) is 13.2 Å². The first-order valence-corrected chi connectivity index (χ1v) is 7.94. The zero-order chi connectivity index (χ0) is 16.9. The van der Waals surface area contributed by atoms with Crippen molar-refractivity contribution >= 4 is 16.7 Å². The first-order valence-electron chi connectivity index (χ1n) is 7.94. The second-order valence-electron chi connectivity index (χ2n) is 6.49. The minimum absolute atomic E-state index is 0.0651. The summed E-state index contributed by atoms with van der Waals surface area (Å²) >= 11 is 0. The lowest BCUT2D eigenvalue weighted by atomic mass is 9.95. The molecule has 1 amide bonds. The van der Waals surface area contributed by atoms with Gasteiger partial charge < -0.3 is 10.6 Å². The Bertz CT molecular complexity index is 805. The van der Waals surface area contributed by atoms with E-state index in [1.807, 2.05) is 0 Å². The molecule has 3 heterocycles. The second kappa shape index (κ2) is 5.44. The number of alkyl halides is 3. The van der Waals surface area contributed by atoms with Crippen molar-refractivity contribution in [3.8, 4) is 0 Å². The lowest BCUT2D eigenvalue weighted by molar-refractivity contribution is -0.137. The van der Waals surface area contributed by atoms with Crippen LogP contribution < -0.4 is 10.6 Å². The number of halogens is 3. The molecule has 0 radical (unpaired) electrons. The standard InChI is InChI=1S/C17H16F3N3O/c18-17(19,20)11-2-1-9-8-21-15(6-10(9)5-11)16(24)23-14-7-12-3-4-13(14)22-12/h1-2,5-6,8,12-14,22H,3-4,7H2,(H,23,24)/t12-,13+,14-/m1/s1. The van der Waals surface area contributed by atoms with Crippen LogP contribution in [0.5, 0.6) is 0 Å². The number of benzene rings is 1. The van der Waals surface area contributed by atoms with E-state index in [2.05, 4.69) is 15.6 Å². The molecule has 4 nitrogen and oxygen atoms in total. The van der Waals surface area contributed by atoms with Crippen molar-refractivity contribution < 1.29 is 18.0 Å². The first-order chi connectivity index (χ1) is 11.4. The van der Waals surface area contributed by atoms with Gasteiger partial charge in [-0.1, -0.05) is 6.07 Å². The molecule has 3 atom stereocenters. The number of rotatable bonds is 2. The fourth-order valence-corrected chi connectivity index (χ4v) is 3.67. The molecular weight excluding hydrogens is 319 g/mol. The predicted octanol–water partition coefficient (Wildman–Crippen LogP) is 2.88. The monoisotopic (exact) mass is 335 g/mol. The summed E-state index contributed by atoms with van der Waals surface area (Å²) in [5, 5.41) is 7.31. The number of amides is 1. The van der Waals surface area contributed by atoms with E-state index in [9.17, 15) is 18.0 Å². The molecule has 2 N–H and O–H groups in total. The molecule has 7 heteroatoms. The number of hydrogen-bond acceptors (Lipinski definition) is 3. The third-order valence-electron chi connectivity index (χ3n) is 4.90. The van der Waals surface area contributed by atoms with Gasteiger partial charge in [-0.15, -0.1) is 0 Å². The van der Waals surface area contributed by atoms with Gasteiger partial charge in [0, 0.05) is 29.7 Å². The van der Waals surface area contributed by atoms with Crippen LogP contribution in [0.2, 0.25) is 0 Å². The van der Waals surface area contributed by atoms with Crippen LogP contribution in [0.3, 0.4) is 0 Å². The van der Waals surface area contributed by atoms with E-state index >= 15 is 0 Å². The Hall–Kier alpha value is -2.15. The zero-order valence-electron chi connectivity index (χ0n) is 12.7. The number of nitrogens with one attached hydrogen (secondary N) is 2. The fourth-order valence-electron chi connectivity index (χ4n) is 3.67. The van der Waals surface area contributed by atoms with Gasteiger partial charge in [0.2, 0.25) is 0 Å². The van der Waals surface area contributed by atoms with Crippen molar-refractivity contribution in [2.24, 2.45) is 0 Å². The Morgan fingerprint density at radius 2 is 2.04 bits per heavy atom. The van der Waals surface area contributed by atoms with Gasteiger partial charge >= 0.3 is 6.18 Å². The van der Waals surface area contributed by atoms with Crippen LogP contribution in [0.1, 0.15) is 35.3 Å².